The molecule has 0 amide bonds. The van der Waals surface area contributed by atoms with E-state index in [9.17, 15) is 19.2 Å². The number of pyridine rings is 1. The Morgan fingerprint density at radius 1 is 0.875 bits per heavy atom. The van der Waals surface area contributed by atoms with E-state index in [1.54, 1.807) is 12.3 Å². The minimum absolute atomic E-state index is 0.106. The lowest BCUT2D eigenvalue weighted by Crippen LogP contribution is -2.24. The number of carbonyl (C=O) groups excluding carboxylic acids is 4. The molecular weight excluding hydrogens is 458 g/mol. The predicted molar refractivity (Wildman–Crippen MR) is 120 cm³/mol. The summed E-state index contributed by atoms with van der Waals surface area (Å²) in [7, 11) is 2.51. The molecule has 0 aliphatic carbocycles. The van der Waals surface area contributed by atoms with Crippen molar-refractivity contribution in [3.63, 3.8) is 0 Å². The third kappa shape index (κ3) is 14.7. The highest BCUT2D eigenvalue weighted by Gasteiger charge is 2.26. The average Bonchev–Trinajstić information content (AvgIpc) is 2.81. The normalized spacial score (nSPS) is 11.2. The monoisotopic (exact) mass is 487 g/mol. The van der Waals surface area contributed by atoms with Gasteiger partial charge < -0.3 is 18.9 Å². The smallest absolute Gasteiger partial charge is 0.320 e. The fraction of sp³-hybridized carbons (Fsp3) is 0.571. The van der Waals surface area contributed by atoms with Crippen molar-refractivity contribution in [2.75, 3.05) is 26.4 Å². The molecule has 0 saturated heterocycles. The van der Waals surface area contributed by atoms with Crippen molar-refractivity contribution < 1.29 is 38.1 Å². The number of ether oxygens (including phenoxy) is 4. The van der Waals surface area contributed by atoms with Gasteiger partial charge in [0.1, 0.15) is 10.3 Å². The third-order valence-electron chi connectivity index (χ3n) is 3.96. The number of hydrogen-bond acceptors (Lipinski definition) is 11. The van der Waals surface area contributed by atoms with Crippen molar-refractivity contribution in [1.82, 2.24) is 4.98 Å². The van der Waals surface area contributed by atoms with Gasteiger partial charge in [0.25, 0.3) is 12.9 Å². The Kier molecular flexibility index (Phi) is 16.8. The first kappa shape index (κ1) is 27.8. The maximum atomic E-state index is 12.5. The summed E-state index contributed by atoms with van der Waals surface area (Å²) in [5, 5.41) is -0.00900. The number of unbranched alkanes of at least 4 members (excludes halogenated alkanes) is 4. The maximum absolute atomic E-state index is 12.5. The molecule has 0 bridgehead atoms. The molecule has 11 heteroatoms. The highest BCUT2D eigenvalue weighted by Crippen LogP contribution is 2.35. The molecule has 0 N–H and O–H groups in total. The van der Waals surface area contributed by atoms with E-state index in [1.165, 1.54) is 21.6 Å². The van der Waals surface area contributed by atoms with Gasteiger partial charge in [-0.2, -0.15) is 0 Å². The molecule has 0 radical (unpaired) electrons. The van der Waals surface area contributed by atoms with Gasteiger partial charge in [0.15, 0.2) is 0 Å². The molecule has 1 unspecified atom stereocenters. The Morgan fingerprint density at radius 3 is 2.09 bits per heavy atom. The standard InChI is InChI=1S/C21H29NO8S2/c23-16-27-11-5-1-7-13-29-20(25)15-18(31-32-19-9-3-4-10-22-19)21(26)30-14-8-2-6-12-28-17-24/h3-4,9-10,16-18H,1-2,5-8,11-15H2. The summed E-state index contributed by atoms with van der Waals surface area (Å²) >= 11 is 0. The summed E-state index contributed by atoms with van der Waals surface area (Å²) in [5.41, 5.74) is 0. The molecule has 178 valence electrons. The Bertz CT molecular complexity index is 662. The largest absolute Gasteiger partial charge is 0.468 e. The molecule has 0 fully saturated rings. The number of hydrogen-bond donors (Lipinski definition) is 0. The average molecular weight is 488 g/mol. The molecule has 0 aromatic carbocycles. The third-order valence-corrected chi connectivity index (χ3v) is 6.56. The van der Waals surface area contributed by atoms with Gasteiger partial charge in [0.2, 0.25) is 0 Å². The number of esters is 2. The summed E-state index contributed by atoms with van der Waals surface area (Å²) in [6.45, 7) is 1.96. The Balaban J connectivity index is 2.39. The zero-order chi connectivity index (χ0) is 23.3. The lowest BCUT2D eigenvalue weighted by molar-refractivity contribution is -0.149. The van der Waals surface area contributed by atoms with Crippen LogP contribution in [0.5, 0.6) is 0 Å². The van der Waals surface area contributed by atoms with E-state index in [2.05, 4.69) is 14.5 Å². The van der Waals surface area contributed by atoms with Gasteiger partial charge in [-0.25, -0.2) is 4.98 Å². The molecule has 1 aromatic rings. The number of aromatic nitrogens is 1. The lowest BCUT2D eigenvalue weighted by Gasteiger charge is -2.14. The molecule has 0 saturated carbocycles. The molecule has 0 aliphatic heterocycles. The van der Waals surface area contributed by atoms with Crippen LogP contribution in [0.15, 0.2) is 29.4 Å². The van der Waals surface area contributed by atoms with E-state index in [0.717, 1.165) is 17.9 Å². The maximum Gasteiger partial charge on any atom is 0.320 e. The molecule has 0 aliphatic rings. The van der Waals surface area contributed by atoms with E-state index in [-0.39, 0.29) is 19.6 Å². The highest BCUT2D eigenvalue weighted by molar-refractivity contribution is 8.77. The van der Waals surface area contributed by atoms with Crippen LogP contribution in [0.25, 0.3) is 0 Å². The molecule has 1 atom stereocenters. The van der Waals surface area contributed by atoms with Gasteiger partial charge in [-0.05, 0) is 61.5 Å². The van der Waals surface area contributed by atoms with Crippen molar-refractivity contribution in [2.45, 2.75) is 55.2 Å². The molecular formula is C21H29NO8S2. The number of nitrogens with zero attached hydrogens (tertiary/aromatic N) is 1. The van der Waals surface area contributed by atoms with Crippen LogP contribution < -0.4 is 0 Å². The van der Waals surface area contributed by atoms with E-state index in [4.69, 9.17) is 9.47 Å². The Morgan fingerprint density at radius 2 is 1.50 bits per heavy atom. The molecule has 0 spiro atoms. The molecule has 1 aromatic heterocycles. The van der Waals surface area contributed by atoms with E-state index in [0.29, 0.717) is 51.8 Å². The van der Waals surface area contributed by atoms with E-state index >= 15 is 0 Å². The van der Waals surface area contributed by atoms with Crippen LogP contribution in [0.2, 0.25) is 0 Å². The first-order valence-electron chi connectivity index (χ1n) is 10.3. The van der Waals surface area contributed by atoms with Crippen LogP contribution in [-0.4, -0.2) is 61.5 Å². The summed E-state index contributed by atoms with van der Waals surface area (Å²) in [5.74, 6) is -0.957. The fourth-order valence-corrected chi connectivity index (χ4v) is 4.53. The molecule has 9 nitrogen and oxygen atoms in total. The zero-order valence-corrected chi connectivity index (χ0v) is 19.5. The Labute approximate surface area is 195 Å². The van der Waals surface area contributed by atoms with Gasteiger partial charge in [0, 0.05) is 6.20 Å². The van der Waals surface area contributed by atoms with Gasteiger partial charge in [0.05, 0.1) is 32.8 Å². The van der Waals surface area contributed by atoms with Crippen molar-refractivity contribution in [1.29, 1.82) is 0 Å². The first-order valence-corrected chi connectivity index (χ1v) is 12.6. The minimum atomic E-state index is -0.728. The Hall–Kier alpha value is -2.27. The minimum Gasteiger partial charge on any atom is -0.468 e. The summed E-state index contributed by atoms with van der Waals surface area (Å²) in [4.78, 5) is 49.1. The zero-order valence-electron chi connectivity index (χ0n) is 17.8. The summed E-state index contributed by atoms with van der Waals surface area (Å²) < 4.78 is 19.8. The van der Waals surface area contributed by atoms with Crippen molar-refractivity contribution >= 4 is 46.5 Å². The quantitative estimate of drug-likeness (QED) is 0.0885. The van der Waals surface area contributed by atoms with Crippen LogP contribution in [0, 0.1) is 0 Å². The van der Waals surface area contributed by atoms with Crippen LogP contribution in [-0.2, 0) is 38.1 Å². The highest BCUT2D eigenvalue weighted by atomic mass is 33.1. The topological polar surface area (TPSA) is 118 Å². The SMILES string of the molecule is O=COCCCCCOC(=O)CC(SSc1ccccn1)C(=O)OCCCCCOC=O. The van der Waals surface area contributed by atoms with Crippen molar-refractivity contribution in [3.8, 4) is 0 Å². The van der Waals surface area contributed by atoms with Crippen LogP contribution >= 0.6 is 21.6 Å². The summed E-state index contributed by atoms with van der Waals surface area (Å²) in [6, 6.07) is 5.45. The first-order chi connectivity index (χ1) is 15.7. The summed E-state index contributed by atoms with van der Waals surface area (Å²) in [6.07, 6.45) is 5.73. The molecule has 1 heterocycles. The molecule has 1 rings (SSSR count). The van der Waals surface area contributed by atoms with Gasteiger partial charge >= 0.3 is 11.9 Å². The second-order valence-electron chi connectivity index (χ2n) is 6.48. The van der Waals surface area contributed by atoms with Gasteiger partial charge in [-0.1, -0.05) is 16.9 Å². The number of rotatable bonds is 20. The van der Waals surface area contributed by atoms with Crippen LogP contribution in [0.3, 0.4) is 0 Å². The van der Waals surface area contributed by atoms with Gasteiger partial charge in [-0.3, -0.25) is 19.2 Å². The van der Waals surface area contributed by atoms with Crippen molar-refractivity contribution in [3.05, 3.63) is 24.4 Å². The van der Waals surface area contributed by atoms with E-state index in [1.807, 2.05) is 12.1 Å². The lowest BCUT2D eigenvalue weighted by atomic mass is 10.2. The number of carbonyl (C=O) groups is 4. The van der Waals surface area contributed by atoms with Crippen molar-refractivity contribution in [2.24, 2.45) is 0 Å². The second-order valence-corrected chi connectivity index (χ2v) is 8.91. The fourth-order valence-electron chi connectivity index (χ4n) is 2.35. The van der Waals surface area contributed by atoms with Gasteiger partial charge in [-0.15, -0.1) is 0 Å². The molecule has 32 heavy (non-hydrogen) atoms. The van der Waals surface area contributed by atoms with Crippen LogP contribution in [0.4, 0.5) is 0 Å². The predicted octanol–water partition coefficient (Wildman–Crippen LogP) is 3.35. The van der Waals surface area contributed by atoms with E-state index < -0.39 is 17.2 Å². The second kappa shape index (κ2) is 19.4. The van der Waals surface area contributed by atoms with Crippen LogP contribution in [0.1, 0.15) is 44.9 Å².